The molecule has 0 aliphatic rings. The lowest BCUT2D eigenvalue weighted by atomic mass is 10.1. The van der Waals surface area contributed by atoms with Crippen molar-refractivity contribution in [3.8, 4) is 0 Å². The van der Waals surface area contributed by atoms with Gasteiger partial charge in [-0.3, -0.25) is 4.79 Å². The van der Waals surface area contributed by atoms with Crippen LogP contribution in [0.15, 0.2) is 12.2 Å². The number of nitrogens with zero attached hydrogens (tertiary/aromatic N) is 1. The van der Waals surface area contributed by atoms with E-state index >= 15 is 0 Å². The van der Waals surface area contributed by atoms with Gasteiger partial charge < -0.3 is 19.4 Å². The number of carboxylic acids is 1. The van der Waals surface area contributed by atoms with Crippen LogP contribution in [0.25, 0.3) is 0 Å². The number of ether oxygens (including phenoxy) is 1. The number of esters is 1. The highest BCUT2D eigenvalue weighted by molar-refractivity contribution is 5.82. The van der Waals surface area contributed by atoms with Gasteiger partial charge in [0.15, 0.2) is 6.10 Å². The second kappa shape index (κ2) is 14.6. The number of aliphatic hydroxyl groups excluding tert-OH is 1. The number of unbranched alkanes of at least 4 members (excludes halogenated alkanes) is 7. The van der Waals surface area contributed by atoms with E-state index in [-0.39, 0.29) is 6.42 Å². The Morgan fingerprint density at radius 2 is 1.56 bits per heavy atom. The Hall–Kier alpha value is -1.40. The molecule has 0 saturated heterocycles. The van der Waals surface area contributed by atoms with Crippen molar-refractivity contribution in [2.24, 2.45) is 0 Å². The molecule has 0 bridgehead atoms. The zero-order valence-corrected chi connectivity index (χ0v) is 17.7. The molecule has 0 spiro atoms. The number of carboxylic acid groups (broad SMARTS) is 1. The van der Waals surface area contributed by atoms with Crippen LogP contribution in [0.2, 0.25) is 0 Å². The van der Waals surface area contributed by atoms with Crippen LogP contribution in [-0.4, -0.2) is 66.5 Å². The summed E-state index contributed by atoms with van der Waals surface area (Å²) < 4.78 is 5.74. The average molecular weight is 387 g/mol. The van der Waals surface area contributed by atoms with Gasteiger partial charge in [-0.2, -0.15) is 0 Å². The lowest BCUT2D eigenvalue weighted by Crippen LogP contribution is -2.43. The fraction of sp³-hybridized carbons (Fsp3) is 0.810. The van der Waals surface area contributed by atoms with Crippen molar-refractivity contribution >= 4 is 11.9 Å². The first-order chi connectivity index (χ1) is 12.6. The second-order valence-corrected chi connectivity index (χ2v) is 8.32. The van der Waals surface area contributed by atoms with Crippen LogP contribution in [0.1, 0.15) is 71.1 Å². The number of carbonyl (C=O) groups is 2. The maximum absolute atomic E-state index is 11.9. The van der Waals surface area contributed by atoms with Crippen LogP contribution in [-0.2, 0) is 14.3 Å². The molecule has 158 valence electrons. The number of quaternary nitrogens is 1. The zero-order chi connectivity index (χ0) is 20.7. The fourth-order valence-electron chi connectivity index (χ4n) is 2.93. The molecule has 6 heteroatoms. The van der Waals surface area contributed by atoms with E-state index in [0.717, 1.165) is 12.8 Å². The minimum Gasteiger partial charge on any atom is -0.481 e. The van der Waals surface area contributed by atoms with Crippen molar-refractivity contribution in [1.82, 2.24) is 0 Å². The monoisotopic (exact) mass is 386 g/mol. The summed E-state index contributed by atoms with van der Waals surface area (Å²) in [5.74, 6) is -1.61. The van der Waals surface area contributed by atoms with E-state index in [1.807, 2.05) is 21.1 Å². The van der Waals surface area contributed by atoms with E-state index in [2.05, 4.69) is 6.92 Å². The molecule has 0 saturated carbocycles. The standard InChI is InChI=1S/C21H39NO5/c1-5-6-7-8-9-10-11-12-13-18(23)14-15-21(26)27-19(16-20(24)25)17-22(2,3)4/h14-15,18-19,23H,5-13,16-17H2,1-4H3/p+1/b15-14+. The normalized spacial score (nSPS) is 14.3. The molecule has 2 unspecified atom stereocenters. The number of rotatable bonds is 16. The fourth-order valence-corrected chi connectivity index (χ4v) is 2.93. The first-order valence-corrected chi connectivity index (χ1v) is 10.2. The highest BCUT2D eigenvalue weighted by Crippen LogP contribution is 2.11. The largest absolute Gasteiger partial charge is 0.481 e. The maximum Gasteiger partial charge on any atom is 0.331 e. The van der Waals surface area contributed by atoms with Gasteiger partial charge in [0.05, 0.1) is 33.7 Å². The number of hydrogen-bond donors (Lipinski definition) is 2. The van der Waals surface area contributed by atoms with E-state index < -0.39 is 24.1 Å². The van der Waals surface area contributed by atoms with Crippen LogP contribution in [0, 0.1) is 0 Å². The number of likely N-dealkylation sites (N-methyl/N-ethyl adjacent to an activating group) is 1. The summed E-state index contributed by atoms with van der Waals surface area (Å²) in [6.45, 7) is 2.62. The summed E-state index contributed by atoms with van der Waals surface area (Å²) in [6, 6.07) is 0. The van der Waals surface area contributed by atoms with E-state index in [1.165, 1.54) is 50.7 Å². The summed E-state index contributed by atoms with van der Waals surface area (Å²) in [5.41, 5.74) is 0. The first-order valence-electron chi connectivity index (χ1n) is 10.2. The van der Waals surface area contributed by atoms with Gasteiger partial charge in [0, 0.05) is 6.08 Å². The molecule has 0 aromatic carbocycles. The minimum atomic E-state index is -1.00. The Morgan fingerprint density at radius 3 is 2.07 bits per heavy atom. The molecule has 0 fully saturated rings. The molecule has 0 aliphatic heterocycles. The third kappa shape index (κ3) is 17.8. The van der Waals surface area contributed by atoms with E-state index in [4.69, 9.17) is 9.84 Å². The van der Waals surface area contributed by atoms with Gasteiger partial charge in [0.1, 0.15) is 6.54 Å². The third-order valence-electron chi connectivity index (χ3n) is 4.24. The highest BCUT2D eigenvalue weighted by atomic mass is 16.5. The van der Waals surface area contributed by atoms with Gasteiger partial charge in [0.25, 0.3) is 0 Å². The molecule has 0 heterocycles. The van der Waals surface area contributed by atoms with Gasteiger partial charge in [-0.15, -0.1) is 0 Å². The summed E-state index contributed by atoms with van der Waals surface area (Å²) in [7, 11) is 5.73. The highest BCUT2D eigenvalue weighted by Gasteiger charge is 2.24. The van der Waals surface area contributed by atoms with Crippen molar-refractivity contribution in [2.45, 2.75) is 83.3 Å². The summed E-state index contributed by atoms with van der Waals surface area (Å²) in [4.78, 5) is 22.8. The molecule has 2 N–H and O–H groups in total. The SMILES string of the molecule is CCCCCCCCCCC(O)/C=C/C(=O)OC(CC(=O)O)C[N+](C)(C)C. The topological polar surface area (TPSA) is 83.8 Å². The van der Waals surface area contributed by atoms with Crippen molar-refractivity contribution in [3.63, 3.8) is 0 Å². The zero-order valence-electron chi connectivity index (χ0n) is 17.7. The Morgan fingerprint density at radius 1 is 1.00 bits per heavy atom. The van der Waals surface area contributed by atoms with Crippen LogP contribution in [0.5, 0.6) is 0 Å². The molecule has 0 radical (unpaired) electrons. The molecule has 27 heavy (non-hydrogen) atoms. The van der Waals surface area contributed by atoms with Crippen LogP contribution in [0.4, 0.5) is 0 Å². The van der Waals surface area contributed by atoms with Crippen LogP contribution < -0.4 is 0 Å². The van der Waals surface area contributed by atoms with Crippen molar-refractivity contribution in [2.75, 3.05) is 27.7 Å². The summed E-state index contributed by atoms with van der Waals surface area (Å²) in [5, 5.41) is 18.9. The second-order valence-electron chi connectivity index (χ2n) is 8.32. The Kier molecular flexibility index (Phi) is 13.9. The van der Waals surface area contributed by atoms with Crippen molar-refractivity contribution in [3.05, 3.63) is 12.2 Å². The molecule has 0 amide bonds. The predicted molar refractivity (Wildman–Crippen MR) is 107 cm³/mol. The van der Waals surface area contributed by atoms with E-state index in [9.17, 15) is 14.7 Å². The molecule has 0 aromatic rings. The smallest absolute Gasteiger partial charge is 0.331 e. The third-order valence-corrected chi connectivity index (χ3v) is 4.24. The van der Waals surface area contributed by atoms with Gasteiger partial charge in [0.2, 0.25) is 0 Å². The molecular weight excluding hydrogens is 346 g/mol. The average Bonchev–Trinajstić information content (AvgIpc) is 2.53. The number of hydrogen-bond acceptors (Lipinski definition) is 4. The summed E-state index contributed by atoms with van der Waals surface area (Å²) >= 11 is 0. The lowest BCUT2D eigenvalue weighted by molar-refractivity contribution is -0.873. The number of aliphatic hydroxyl groups is 1. The van der Waals surface area contributed by atoms with E-state index in [1.54, 1.807) is 0 Å². The Bertz CT molecular complexity index is 442. The Balaban J connectivity index is 4.08. The number of carbonyl (C=O) groups excluding carboxylic acids is 1. The molecule has 0 aliphatic carbocycles. The van der Waals surface area contributed by atoms with Crippen molar-refractivity contribution in [1.29, 1.82) is 0 Å². The van der Waals surface area contributed by atoms with Gasteiger partial charge in [-0.1, -0.05) is 58.3 Å². The van der Waals surface area contributed by atoms with Crippen LogP contribution >= 0.6 is 0 Å². The van der Waals surface area contributed by atoms with Crippen molar-refractivity contribution < 1.29 is 29.0 Å². The molecule has 0 rings (SSSR count). The molecular formula is C21H40NO5+. The molecule has 2 atom stereocenters. The van der Waals surface area contributed by atoms with E-state index in [0.29, 0.717) is 17.4 Å². The van der Waals surface area contributed by atoms with Gasteiger partial charge in [-0.05, 0) is 12.5 Å². The summed E-state index contributed by atoms with van der Waals surface area (Å²) in [6.07, 6.45) is 11.3. The molecule has 0 aromatic heterocycles. The minimum absolute atomic E-state index is 0.226. The molecule has 6 nitrogen and oxygen atoms in total. The quantitative estimate of drug-likeness (QED) is 0.183. The first kappa shape index (κ1) is 25.6. The predicted octanol–water partition coefficient (Wildman–Crippen LogP) is 3.53. The Labute approximate surface area is 164 Å². The van der Waals surface area contributed by atoms with Gasteiger partial charge >= 0.3 is 11.9 Å². The maximum atomic E-state index is 11.9. The number of aliphatic carboxylic acids is 1. The van der Waals surface area contributed by atoms with Gasteiger partial charge in [-0.25, -0.2) is 4.79 Å². The lowest BCUT2D eigenvalue weighted by Gasteiger charge is -2.28. The van der Waals surface area contributed by atoms with Crippen LogP contribution in [0.3, 0.4) is 0 Å².